The SMILES string of the molecule is O[Si](O)(O)O.[Li+].[OH-]. The minimum atomic E-state index is -4.61. The third kappa shape index (κ3) is 373. The van der Waals surface area contributed by atoms with Crippen LogP contribution < -0.4 is 18.9 Å². The molecule has 0 aliphatic rings. The third-order valence-corrected chi connectivity index (χ3v) is 0. The minimum Gasteiger partial charge on any atom is -0.870 e. The molecule has 0 aliphatic carbocycles. The van der Waals surface area contributed by atoms with E-state index < -0.39 is 9.05 Å². The maximum absolute atomic E-state index is 7.33. The zero-order chi connectivity index (χ0) is 4.50. The molecule has 0 saturated carbocycles. The Hall–Kier alpha value is 0.614. The molecule has 0 radical (unpaired) electrons. The van der Waals surface area contributed by atoms with Crippen molar-refractivity contribution in [2.45, 2.75) is 0 Å². The fourth-order valence-corrected chi connectivity index (χ4v) is 0. The fraction of sp³-hybridized carbons (Fsp3) is 0. The zero-order valence-electron chi connectivity index (χ0n) is 3.74. The fourth-order valence-electron chi connectivity index (χ4n) is 0. The van der Waals surface area contributed by atoms with Gasteiger partial charge in [-0.15, -0.1) is 0 Å². The Bertz CT molecular complexity index is 23.6. The van der Waals surface area contributed by atoms with Gasteiger partial charge in [0.15, 0.2) is 0 Å². The Labute approximate surface area is 53.2 Å². The Morgan fingerprint density at radius 2 is 0.857 bits per heavy atom. The largest absolute Gasteiger partial charge is 1.00 e. The number of hydrogen-bond donors (Lipinski definition) is 4. The van der Waals surface area contributed by atoms with Gasteiger partial charge in [-0.25, -0.2) is 0 Å². The standard InChI is InChI=1S/Li.H4O4Si.H2O/c;1-5(2,3)4;/h;1-4H;1H2/q+1;;/p-1. The van der Waals surface area contributed by atoms with E-state index in [0.717, 1.165) is 0 Å². The summed E-state index contributed by atoms with van der Waals surface area (Å²) in [5.74, 6) is 0. The topological polar surface area (TPSA) is 111 Å². The zero-order valence-corrected chi connectivity index (χ0v) is 4.74. The Morgan fingerprint density at radius 3 is 0.857 bits per heavy atom. The maximum Gasteiger partial charge on any atom is 1.00 e. The molecule has 0 aliphatic heterocycles. The first kappa shape index (κ1) is 15.6. The Kier molecular flexibility index (Phi) is 10.7. The van der Waals surface area contributed by atoms with E-state index in [1.165, 1.54) is 0 Å². The molecule has 0 saturated heterocycles. The molecule has 5 nitrogen and oxygen atoms in total. The number of rotatable bonds is 0. The normalized spacial score (nSPS) is 8.57. The van der Waals surface area contributed by atoms with Gasteiger partial charge in [0.05, 0.1) is 0 Å². The van der Waals surface area contributed by atoms with Gasteiger partial charge in [-0.2, -0.15) is 0 Å². The quantitative estimate of drug-likeness (QED) is 0.238. The average Bonchev–Trinajstić information content (AvgIpc) is 0.722. The van der Waals surface area contributed by atoms with Gasteiger partial charge in [-0.1, -0.05) is 0 Å². The average molecular weight is 120 g/mol. The molecule has 0 heterocycles. The van der Waals surface area contributed by atoms with Crippen molar-refractivity contribution >= 4 is 9.05 Å². The number of hydrogen-bond acceptors (Lipinski definition) is 5. The second-order valence-electron chi connectivity index (χ2n) is 0.600. The summed E-state index contributed by atoms with van der Waals surface area (Å²) < 4.78 is 0. The van der Waals surface area contributed by atoms with Crippen LogP contribution in [0, 0.1) is 0 Å². The first-order valence-corrected chi connectivity index (χ1v) is 2.68. The predicted octanol–water partition coefficient (Wildman–Crippen LogP) is -5.78. The van der Waals surface area contributed by atoms with Crippen LogP contribution >= 0.6 is 0 Å². The summed E-state index contributed by atoms with van der Waals surface area (Å²) in [5, 5.41) is 0. The molecule has 0 unspecified atom stereocenters. The maximum atomic E-state index is 7.33. The van der Waals surface area contributed by atoms with Gasteiger partial charge in [-0.05, 0) is 0 Å². The van der Waals surface area contributed by atoms with E-state index in [0.29, 0.717) is 0 Å². The van der Waals surface area contributed by atoms with Crippen molar-refractivity contribution in [3.05, 3.63) is 0 Å². The van der Waals surface area contributed by atoms with Crippen molar-refractivity contribution in [2.75, 3.05) is 0 Å². The van der Waals surface area contributed by atoms with Gasteiger partial charge in [-0.3, -0.25) is 0 Å². The van der Waals surface area contributed by atoms with Crippen molar-refractivity contribution in [1.82, 2.24) is 0 Å². The molecule has 7 heavy (non-hydrogen) atoms. The van der Waals surface area contributed by atoms with E-state index in [1.807, 2.05) is 0 Å². The summed E-state index contributed by atoms with van der Waals surface area (Å²) in [4.78, 5) is 29.3. The second-order valence-corrected chi connectivity index (χ2v) is 1.80. The van der Waals surface area contributed by atoms with Crippen molar-refractivity contribution in [2.24, 2.45) is 0 Å². The summed E-state index contributed by atoms with van der Waals surface area (Å²) >= 11 is 0. The monoisotopic (exact) mass is 120 g/mol. The van der Waals surface area contributed by atoms with Crippen LogP contribution in [0.4, 0.5) is 0 Å². The molecule has 5 N–H and O–H groups in total. The Balaban J connectivity index is -0.0000000800. The van der Waals surface area contributed by atoms with Gasteiger partial charge >= 0.3 is 27.9 Å². The molecule has 0 atom stereocenters. The van der Waals surface area contributed by atoms with Crippen molar-refractivity contribution in [1.29, 1.82) is 0 Å². The molecule has 0 bridgehead atoms. The van der Waals surface area contributed by atoms with Crippen LogP contribution in [0.25, 0.3) is 0 Å². The first-order chi connectivity index (χ1) is 2.00. The van der Waals surface area contributed by atoms with Gasteiger partial charge in [0.1, 0.15) is 0 Å². The molecule has 0 aromatic carbocycles. The Morgan fingerprint density at radius 1 is 0.857 bits per heavy atom. The van der Waals surface area contributed by atoms with Crippen LogP contribution in [-0.2, 0) is 0 Å². The van der Waals surface area contributed by atoms with Gasteiger partial charge in [0.25, 0.3) is 0 Å². The van der Waals surface area contributed by atoms with E-state index >= 15 is 0 Å². The van der Waals surface area contributed by atoms with Crippen LogP contribution in [0.1, 0.15) is 0 Å². The molecule has 0 aromatic heterocycles. The molecule has 0 spiro atoms. The second kappa shape index (κ2) is 4.77. The summed E-state index contributed by atoms with van der Waals surface area (Å²) in [5.41, 5.74) is 0. The smallest absolute Gasteiger partial charge is 0.870 e. The first-order valence-electron chi connectivity index (χ1n) is 0.894. The van der Waals surface area contributed by atoms with E-state index in [9.17, 15) is 0 Å². The van der Waals surface area contributed by atoms with E-state index in [4.69, 9.17) is 19.2 Å². The van der Waals surface area contributed by atoms with Gasteiger partial charge in [0, 0.05) is 0 Å². The van der Waals surface area contributed by atoms with Crippen molar-refractivity contribution < 1.29 is 43.5 Å². The van der Waals surface area contributed by atoms with Crippen LogP contribution in [0.15, 0.2) is 0 Å². The molecule has 0 rings (SSSR count). The molecule has 0 amide bonds. The molecular formula is H5LiO5Si. The minimum absolute atomic E-state index is 0. The summed E-state index contributed by atoms with van der Waals surface area (Å²) in [6.07, 6.45) is 0. The molecular weight excluding hydrogens is 115 g/mol. The van der Waals surface area contributed by atoms with Crippen LogP contribution in [-0.4, -0.2) is 33.7 Å². The van der Waals surface area contributed by atoms with Crippen molar-refractivity contribution in [3.8, 4) is 0 Å². The van der Waals surface area contributed by atoms with Crippen LogP contribution in [0.3, 0.4) is 0 Å². The molecule has 0 aromatic rings. The van der Waals surface area contributed by atoms with Crippen LogP contribution in [0.2, 0.25) is 0 Å². The van der Waals surface area contributed by atoms with Crippen LogP contribution in [0.5, 0.6) is 0 Å². The summed E-state index contributed by atoms with van der Waals surface area (Å²) in [7, 11) is -4.61. The van der Waals surface area contributed by atoms with Crippen molar-refractivity contribution in [3.63, 3.8) is 0 Å². The van der Waals surface area contributed by atoms with E-state index in [1.54, 1.807) is 0 Å². The summed E-state index contributed by atoms with van der Waals surface area (Å²) in [6.45, 7) is 0. The van der Waals surface area contributed by atoms with E-state index in [-0.39, 0.29) is 24.3 Å². The molecule has 40 valence electrons. The third-order valence-electron chi connectivity index (χ3n) is 0. The molecule has 7 heteroatoms. The van der Waals surface area contributed by atoms with E-state index in [2.05, 4.69) is 0 Å². The van der Waals surface area contributed by atoms with Gasteiger partial charge < -0.3 is 24.7 Å². The summed E-state index contributed by atoms with van der Waals surface area (Å²) in [6, 6.07) is 0. The van der Waals surface area contributed by atoms with Gasteiger partial charge in [0.2, 0.25) is 0 Å². The molecule has 0 fully saturated rings. The predicted molar refractivity (Wildman–Crippen MR) is 16.6 cm³/mol.